The summed E-state index contributed by atoms with van der Waals surface area (Å²) in [6.45, 7) is 0. The summed E-state index contributed by atoms with van der Waals surface area (Å²) >= 11 is 0. The molecule has 2 aromatic heterocycles. The fourth-order valence-electron chi connectivity index (χ4n) is 4.30. The van der Waals surface area contributed by atoms with Crippen molar-refractivity contribution in [2.75, 3.05) is 0 Å². The average molecular weight is 434 g/mol. The number of nitrogens with two attached hydrogens (primary N) is 1. The Balaban J connectivity index is 1.44. The normalized spacial score (nSPS) is 14.7. The van der Waals surface area contributed by atoms with E-state index in [1.54, 1.807) is 4.52 Å². The number of benzene rings is 3. The molecule has 33 heavy (non-hydrogen) atoms. The van der Waals surface area contributed by atoms with Crippen LogP contribution in [0, 0.1) is 0 Å². The lowest BCUT2D eigenvalue weighted by Crippen LogP contribution is -2.43. The molecule has 1 aliphatic rings. The number of ether oxygens (including phenoxy) is 1. The maximum absolute atomic E-state index is 6.52. The lowest BCUT2D eigenvalue weighted by atomic mass is 9.72. The van der Waals surface area contributed by atoms with Gasteiger partial charge in [-0.15, -0.1) is 5.10 Å². The van der Waals surface area contributed by atoms with Crippen molar-refractivity contribution >= 4 is 5.78 Å². The van der Waals surface area contributed by atoms with Crippen LogP contribution in [0.3, 0.4) is 0 Å². The van der Waals surface area contributed by atoms with Crippen molar-refractivity contribution < 1.29 is 4.74 Å². The first-order valence-electron chi connectivity index (χ1n) is 11.1. The van der Waals surface area contributed by atoms with E-state index in [-0.39, 0.29) is 11.5 Å². The summed E-state index contributed by atoms with van der Waals surface area (Å²) < 4.78 is 7.50. The van der Waals surface area contributed by atoms with E-state index in [1.165, 1.54) is 12.0 Å². The van der Waals surface area contributed by atoms with Gasteiger partial charge in [0.15, 0.2) is 0 Å². The minimum Gasteiger partial charge on any atom is -0.423 e. The summed E-state index contributed by atoms with van der Waals surface area (Å²) in [7, 11) is 0. The van der Waals surface area contributed by atoms with Gasteiger partial charge in [-0.25, -0.2) is 9.50 Å². The van der Waals surface area contributed by atoms with Gasteiger partial charge in [-0.3, -0.25) is 0 Å². The summed E-state index contributed by atoms with van der Waals surface area (Å²) in [5, 5.41) is 4.50. The van der Waals surface area contributed by atoms with Gasteiger partial charge in [-0.2, -0.15) is 4.98 Å². The number of rotatable bonds is 5. The molecule has 0 saturated heterocycles. The topological polar surface area (TPSA) is 78.3 Å². The maximum Gasteiger partial charge on any atom is 0.343 e. The highest BCUT2D eigenvalue weighted by Gasteiger charge is 2.34. The van der Waals surface area contributed by atoms with E-state index >= 15 is 0 Å². The van der Waals surface area contributed by atoms with Crippen LogP contribution in [0.5, 0.6) is 11.8 Å². The van der Waals surface area contributed by atoms with Crippen molar-refractivity contribution in [1.82, 2.24) is 19.6 Å². The Labute approximate surface area is 191 Å². The van der Waals surface area contributed by atoms with Crippen LogP contribution in [0.1, 0.15) is 24.8 Å². The molecular weight excluding hydrogens is 410 g/mol. The molecule has 0 atom stereocenters. The maximum atomic E-state index is 6.52. The number of aromatic nitrogens is 4. The van der Waals surface area contributed by atoms with E-state index in [0.29, 0.717) is 11.5 Å². The molecule has 1 fully saturated rings. The minimum atomic E-state index is -0.186. The van der Waals surface area contributed by atoms with Crippen molar-refractivity contribution in [3.63, 3.8) is 0 Å². The number of nitrogens with zero attached hydrogens (tertiary/aromatic N) is 4. The van der Waals surface area contributed by atoms with E-state index < -0.39 is 0 Å². The third-order valence-corrected chi connectivity index (χ3v) is 6.33. The van der Waals surface area contributed by atoms with Crippen molar-refractivity contribution in [3.8, 4) is 34.1 Å². The van der Waals surface area contributed by atoms with Crippen molar-refractivity contribution in [2.24, 2.45) is 5.73 Å². The second-order valence-corrected chi connectivity index (χ2v) is 8.51. The fourth-order valence-corrected chi connectivity index (χ4v) is 4.30. The van der Waals surface area contributed by atoms with Crippen LogP contribution in [0.4, 0.5) is 0 Å². The predicted molar refractivity (Wildman–Crippen MR) is 128 cm³/mol. The molecule has 6 nitrogen and oxygen atoms in total. The zero-order chi connectivity index (χ0) is 22.3. The van der Waals surface area contributed by atoms with E-state index in [0.717, 1.165) is 35.2 Å². The lowest BCUT2D eigenvalue weighted by molar-refractivity contribution is 0.253. The number of hydrogen-bond donors (Lipinski definition) is 1. The van der Waals surface area contributed by atoms with E-state index in [4.69, 9.17) is 15.5 Å². The zero-order valence-corrected chi connectivity index (χ0v) is 18.1. The molecule has 1 aliphatic carbocycles. The van der Waals surface area contributed by atoms with Crippen molar-refractivity contribution in [3.05, 3.63) is 96.7 Å². The zero-order valence-electron chi connectivity index (χ0n) is 18.1. The third kappa shape index (κ3) is 3.64. The monoisotopic (exact) mass is 433 g/mol. The van der Waals surface area contributed by atoms with Gasteiger partial charge in [-0.05, 0) is 42.5 Å². The molecule has 2 N–H and O–H groups in total. The average Bonchev–Trinajstić information content (AvgIpc) is 3.24. The van der Waals surface area contributed by atoms with Gasteiger partial charge in [-0.1, -0.05) is 72.8 Å². The number of fused-ring (bicyclic) bond motifs is 1. The second kappa shape index (κ2) is 7.83. The lowest BCUT2D eigenvalue weighted by Gasteiger charge is -2.38. The van der Waals surface area contributed by atoms with Crippen LogP contribution in [0.25, 0.3) is 28.2 Å². The molecule has 2 heterocycles. The van der Waals surface area contributed by atoms with Gasteiger partial charge in [0.1, 0.15) is 5.75 Å². The van der Waals surface area contributed by atoms with Crippen LogP contribution >= 0.6 is 0 Å². The summed E-state index contributed by atoms with van der Waals surface area (Å²) in [5.74, 6) is 1.16. The van der Waals surface area contributed by atoms with Crippen molar-refractivity contribution in [2.45, 2.75) is 24.8 Å². The highest BCUT2D eigenvalue weighted by Crippen LogP contribution is 2.39. The highest BCUT2D eigenvalue weighted by molar-refractivity contribution is 5.81. The van der Waals surface area contributed by atoms with Gasteiger partial charge in [0.25, 0.3) is 5.78 Å². The standard InChI is InChI=1S/C27H23N5O/c28-27(16-7-17-27)21-14-12-20(13-15-21)24-23(19-8-3-1-4-9-19)18-32-25(29-24)30-26(31-32)33-22-10-5-2-6-11-22/h1-6,8-15,18H,7,16-17,28H2. The minimum absolute atomic E-state index is 0.186. The first kappa shape index (κ1) is 19.6. The predicted octanol–water partition coefficient (Wildman–Crippen LogP) is 5.59. The van der Waals surface area contributed by atoms with Crippen LogP contribution in [-0.4, -0.2) is 19.6 Å². The summed E-state index contributed by atoms with van der Waals surface area (Å²) in [5.41, 5.74) is 11.4. The smallest absolute Gasteiger partial charge is 0.343 e. The molecule has 3 aromatic carbocycles. The van der Waals surface area contributed by atoms with Crippen molar-refractivity contribution in [1.29, 1.82) is 0 Å². The van der Waals surface area contributed by atoms with Gasteiger partial charge < -0.3 is 10.5 Å². The quantitative estimate of drug-likeness (QED) is 0.391. The van der Waals surface area contributed by atoms with E-state index in [2.05, 4.69) is 46.5 Å². The number of hydrogen-bond acceptors (Lipinski definition) is 5. The molecule has 0 radical (unpaired) electrons. The van der Waals surface area contributed by atoms with Crippen LogP contribution in [0.2, 0.25) is 0 Å². The Bertz CT molecular complexity index is 1410. The summed E-state index contributed by atoms with van der Waals surface area (Å²) in [6.07, 6.45) is 5.22. The molecule has 6 rings (SSSR count). The highest BCUT2D eigenvalue weighted by atomic mass is 16.5. The Kier molecular flexibility index (Phi) is 4.66. The first-order chi connectivity index (χ1) is 16.2. The Hall–Kier alpha value is -4.03. The molecule has 0 bridgehead atoms. The number of para-hydroxylation sites is 1. The van der Waals surface area contributed by atoms with Crippen LogP contribution < -0.4 is 10.5 Å². The Morgan fingerprint density at radius 1 is 0.788 bits per heavy atom. The molecule has 5 aromatic rings. The molecule has 162 valence electrons. The Morgan fingerprint density at radius 3 is 2.15 bits per heavy atom. The third-order valence-electron chi connectivity index (χ3n) is 6.33. The fraction of sp³-hybridized carbons (Fsp3) is 0.148. The van der Waals surface area contributed by atoms with Gasteiger partial charge in [0.05, 0.1) is 5.69 Å². The molecular formula is C27H23N5O. The second-order valence-electron chi connectivity index (χ2n) is 8.51. The van der Waals surface area contributed by atoms with E-state index in [1.807, 2.05) is 54.7 Å². The molecule has 1 saturated carbocycles. The molecule has 0 amide bonds. The van der Waals surface area contributed by atoms with Gasteiger partial charge in [0, 0.05) is 22.9 Å². The van der Waals surface area contributed by atoms with Gasteiger partial charge >= 0.3 is 6.01 Å². The first-order valence-corrected chi connectivity index (χ1v) is 11.1. The molecule has 0 unspecified atom stereocenters. The van der Waals surface area contributed by atoms with Crippen LogP contribution in [0.15, 0.2) is 91.1 Å². The Morgan fingerprint density at radius 2 is 1.48 bits per heavy atom. The molecule has 6 heteroatoms. The molecule has 0 spiro atoms. The summed E-state index contributed by atoms with van der Waals surface area (Å²) in [4.78, 5) is 9.39. The SMILES string of the molecule is NC1(c2ccc(-c3nc4nc(Oc5ccccc5)nn4cc3-c3ccccc3)cc2)CCC1. The van der Waals surface area contributed by atoms with Crippen LogP contribution in [-0.2, 0) is 5.54 Å². The largest absolute Gasteiger partial charge is 0.423 e. The van der Waals surface area contributed by atoms with Gasteiger partial charge in [0.2, 0.25) is 0 Å². The van der Waals surface area contributed by atoms with E-state index in [9.17, 15) is 0 Å². The summed E-state index contributed by atoms with van der Waals surface area (Å²) in [6, 6.07) is 28.4. The molecule has 0 aliphatic heterocycles.